The number of aromatic hydroxyl groups is 1. The first-order valence-corrected chi connectivity index (χ1v) is 10.5. The molecule has 5 nitrogen and oxygen atoms in total. The minimum absolute atomic E-state index is 0.106. The van der Waals surface area contributed by atoms with Crippen LogP contribution >= 0.6 is 0 Å². The van der Waals surface area contributed by atoms with Crippen LogP contribution in [0.3, 0.4) is 0 Å². The number of phenols is 1. The van der Waals surface area contributed by atoms with Gasteiger partial charge in [0, 0.05) is 43.1 Å². The Balaban J connectivity index is 1.69. The van der Waals surface area contributed by atoms with Crippen LogP contribution in [-0.2, 0) is 21.4 Å². The highest BCUT2D eigenvalue weighted by Gasteiger charge is 2.55. The fourth-order valence-electron chi connectivity index (χ4n) is 6.38. The molecule has 28 heavy (non-hydrogen) atoms. The summed E-state index contributed by atoms with van der Waals surface area (Å²) in [6.45, 7) is 0.980. The SMILES string of the molecule is COc1ccc2c(c1O)[C@@]13CCN(C4CCCC4)[C@@H](C2)C1=CC(OC)C(=O)C3. The Morgan fingerprint density at radius 1 is 1.21 bits per heavy atom. The molecule has 1 saturated carbocycles. The van der Waals surface area contributed by atoms with Gasteiger partial charge in [0.25, 0.3) is 0 Å². The lowest BCUT2D eigenvalue weighted by Gasteiger charge is -2.56. The van der Waals surface area contributed by atoms with E-state index in [-0.39, 0.29) is 11.5 Å². The van der Waals surface area contributed by atoms with Crippen molar-refractivity contribution in [3.63, 3.8) is 0 Å². The predicted octanol–water partition coefficient (Wildman–Crippen LogP) is 3.13. The van der Waals surface area contributed by atoms with Crippen molar-refractivity contribution in [3.8, 4) is 11.5 Å². The number of benzene rings is 1. The molecule has 0 radical (unpaired) electrons. The van der Waals surface area contributed by atoms with Crippen LogP contribution in [0.2, 0.25) is 0 Å². The van der Waals surface area contributed by atoms with E-state index in [0.29, 0.717) is 24.3 Å². The number of carbonyl (C=O) groups is 1. The van der Waals surface area contributed by atoms with E-state index in [1.54, 1.807) is 14.2 Å². The van der Waals surface area contributed by atoms with Crippen molar-refractivity contribution < 1.29 is 19.4 Å². The van der Waals surface area contributed by atoms with Crippen LogP contribution in [0.1, 0.15) is 49.7 Å². The zero-order valence-corrected chi connectivity index (χ0v) is 16.7. The molecule has 1 aromatic carbocycles. The average Bonchev–Trinajstić information content (AvgIpc) is 3.21. The second-order valence-electron chi connectivity index (χ2n) is 8.80. The Morgan fingerprint density at radius 2 is 2.00 bits per heavy atom. The van der Waals surface area contributed by atoms with Gasteiger partial charge in [-0.05, 0) is 49.0 Å². The molecule has 1 heterocycles. The molecule has 1 saturated heterocycles. The second kappa shape index (κ2) is 6.60. The third-order valence-electron chi connectivity index (χ3n) is 7.62. The highest BCUT2D eigenvalue weighted by atomic mass is 16.5. The van der Waals surface area contributed by atoms with Gasteiger partial charge in [0.15, 0.2) is 17.3 Å². The summed E-state index contributed by atoms with van der Waals surface area (Å²) in [4.78, 5) is 15.6. The summed E-state index contributed by atoms with van der Waals surface area (Å²) in [5, 5.41) is 11.1. The van der Waals surface area contributed by atoms with Crippen molar-refractivity contribution >= 4 is 5.78 Å². The first kappa shape index (κ1) is 18.2. The summed E-state index contributed by atoms with van der Waals surface area (Å²) < 4.78 is 10.9. The number of carbonyl (C=O) groups excluding carboxylic acids is 1. The predicted molar refractivity (Wildman–Crippen MR) is 106 cm³/mol. The van der Waals surface area contributed by atoms with Crippen molar-refractivity contribution in [2.75, 3.05) is 20.8 Å². The summed E-state index contributed by atoms with van der Waals surface area (Å²) in [6, 6.07) is 4.88. The minimum atomic E-state index is -0.469. The number of hydrogen-bond donors (Lipinski definition) is 1. The Kier molecular flexibility index (Phi) is 4.29. The fourth-order valence-corrected chi connectivity index (χ4v) is 6.38. The van der Waals surface area contributed by atoms with E-state index in [4.69, 9.17) is 9.47 Å². The van der Waals surface area contributed by atoms with Crippen LogP contribution in [0, 0.1) is 0 Å². The van der Waals surface area contributed by atoms with Gasteiger partial charge in [-0.15, -0.1) is 0 Å². The largest absolute Gasteiger partial charge is 0.504 e. The van der Waals surface area contributed by atoms with E-state index in [0.717, 1.165) is 30.5 Å². The van der Waals surface area contributed by atoms with Crippen LogP contribution in [-0.4, -0.2) is 54.7 Å². The van der Waals surface area contributed by atoms with Crippen LogP contribution in [0.25, 0.3) is 0 Å². The van der Waals surface area contributed by atoms with Crippen LogP contribution in [0.5, 0.6) is 11.5 Å². The fraction of sp³-hybridized carbons (Fsp3) is 0.609. The average molecular weight is 383 g/mol. The van der Waals surface area contributed by atoms with Crippen LogP contribution in [0.4, 0.5) is 0 Å². The quantitative estimate of drug-likeness (QED) is 0.813. The van der Waals surface area contributed by atoms with E-state index in [1.165, 1.54) is 31.3 Å². The molecular formula is C23H29NO4. The third-order valence-corrected chi connectivity index (χ3v) is 7.62. The number of methoxy groups -OCH3 is 2. The summed E-state index contributed by atoms with van der Waals surface area (Å²) in [6.07, 6.45) is 8.90. The Hall–Kier alpha value is -1.85. The number of piperidine rings is 1. The molecule has 3 atom stereocenters. The lowest BCUT2D eigenvalue weighted by atomic mass is 9.56. The number of Topliss-reactive ketones (excluding diaryl/α,β-unsaturated/α-hetero) is 1. The first-order chi connectivity index (χ1) is 13.6. The van der Waals surface area contributed by atoms with Crippen molar-refractivity contribution in [3.05, 3.63) is 34.9 Å². The number of phenolic OH excluding ortho intramolecular Hbond substituents is 1. The maximum Gasteiger partial charge on any atom is 0.166 e. The number of fused-ring (bicyclic) bond motifs is 1. The molecule has 1 aromatic rings. The zero-order chi connectivity index (χ0) is 19.5. The number of hydrogen-bond acceptors (Lipinski definition) is 5. The summed E-state index contributed by atoms with van der Waals surface area (Å²) in [7, 11) is 3.19. The van der Waals surface area contributed by atoms with E-state index in [2.05, 4.69) is 17.0 Å². The molecule has 0 amide bonds. The van der Waals surface area contributed by atoms with Gasteiger partial charge in [-0.3, -0.25) is 9.69 Å². The van der Waals surface area contributed by atoms with Crippen molar-refractivity contribution in [2.24, 2.45) is 0 Å². The molecule has 150 valence electrons. The maximum absolute atomic E-state index is 12.9. The molecule has 5 heteroatoms. The normalized spacial score (nSPS) is 32.6. The molecule has 0 aromatic heterocycles. The highest BCUT2D eigenvalue weighted by Crippen LogP contribution is 2.57. The van der Waals surface area contributed by atoms with E-state index in [9.17, 15) is 9.90 Å². The standard InChI is InChI=1S/C23H29NO4/c1-27-19-8-7-14-11-17-16-12-20(28-2)18(25)13-23(16,21(14)22(19)26)9-10-24(17)15-5-3-4-6-15/h7-8,12,15,17,20,26H,3-6,9-11,13H2,1-2H3/t17-,20?,23+/m0/s1. The third kappa shape index (κ3) is 2.42. The van der Waals surface area contributed by atoms with Gasteiger partial charge in [0.2, 0.25) is 0 Å². The molecule has 0 spiro atoms. The topological polar surface area (TPSA) is 59.0 Å². The van der Waals surface area contributed by atoms with Gasteiger partial charge >= 0.3 is 0 Å². The Labute approximate surface area is 166 Å². The van der Waals surface area contributed by atoms with Gasteiger partial charge in [0.05, 0.1) is 7.11 Å². The monoisotopic (exact) mass is 383 g/mol. The zero-order valence-electron chi connectivity index (χ0n) is 16.7. The number of ketones is 1. The smallest absolute Gasteiger partial charge is 0.166 e. The summed E-state index contributed by atoms with van der Waals surface area (Å²) in [5.41, 5.74) is 2.95. The Morgan fingerprint density at radius 3 is 2.71 bits per heavy atom. The number of likely N-dealkylation sites (tertiary alicyclic amines) is 1. The number of nitrogens with zero attached hydrogens (tertiary/aromatic N) is 1. The second-order valence-corrected chi connectivity index (χ2v) is 8.80. The summed E-state index contributed by atoms with van der Waals surface area (Å²) in [5.74, 6) is 0.808. The molecule has 4 aliphatic rings. The van der Waals surface area contributed by atoms with Gasteiger partial charge < -0.3 is 14.6 Å². The molecule has 5 rings (SSSR count). The first-order valence-electron chi connectivity index (χ1n) is 10.5. The van der Waals surface area contributed by atoms with Crippen molar-refractivity contribution in [2.45, 2.75) is 68.5 Å². The van der Waals surface area contributed by atoms with Gasteiger partial charge in [-0.25, -0.2) is 0 Å². The lowest BCUT2D eigenvalue weighted by Crippen LogP contribution is -2.60. The summed E-state index contributed by atoms with van der Waals surface area (Å²) >= 11 is 0. The Bertz CT molecular complexity index is 841. The van der Waals surface area contributed by atoms with E-state index in [1.807, 2.05) is 6.07 Å². The van der Waals surface area contributed by atoms with E-state index < -0.39 is 11.5 Å². The minimum Gasteiger partial charge on any atom is -0.504 e. The molecule has 1 unspecified atom stereocenters. The molecule has 2 fully saturated rings. The van der Waals surface area contributed by atoms with Gasteiger partial charge in [-0.1, -0.05) is 18.9 Å². The van der Waals surface area contributed by atoms with Crippen LogP contribution < -0.4 is 4.74 Å². The molecule has 3 aliphatic carbocycles. The van der Waals surface area contributed by atoms with Gasteiger partial charge in [0.1, 0.15) is 6.10 Å². The van der Waals surface area contributed by atoms with Crippen molar-refractivity contribution in [1.29, 1.82) is 0 Å². The highest BCUT2D eigenvalue weighted by molar-refractivity contribution is 5.90. The number of ether oxygens (including phenoxy) is 2. The maximum atomic E-state index is 12.9. The van der Waals surface area contributed by atoms with Crippen LogP contribution in [0.15, 0.2) is 23.8 Å². The number of rotatable bonds is 3. The molecule has 1 N–H and O–H groups in total. The molecule has 1 aliphatic heterocycles. The lowest BCUT2D eigenvalue weighted by molar-refractivity contribution is -0.129. The molecule has 2 bridgehead atoms. The molecular weight excluding hydrogens is 354 g/mol. The van der Waals surface area contributed by atoms with Crippen molar-refractivity contribution in [1.82, 2.24) is 4.90 Å². The van der Waals surface area contributed by atoms with Gasteiger partial charge in [-0.2, -0.15) is 0 Å². The van der Waals surface area contributed by atoms with E-state index >= 15 is 0 Å².